The van der Waals surface area contributed by atoms with Crippen LogP contribution in [0, 0.1) is 17.9 Å². The molecule has 0 amide bonds. The van der Waals surface area contributed by atoms with Crippen molar-refractivity contribution >= 4 is 76.3 Å². The highest BCUT2D eigenvalue weighted by molar-refractivity contribution is 5.84. The van der Waals surface area contributed by atoms with Crippen molar-refractivity contribution in [1.29, 1.82) is 5.26 Å². The molecule has 8 rings (SSSR count). The molecular formula is C58H44N4O2. The normalized spacial score (nSPS) is 11.1. The van der Waals surface area contributed by atoms with Gasteiger partial charge < -0.3 is 19.3 Å². The summed E-state index contributed by atoms with van der Waals surface area (Å²) in [6, 6.07) is 67.4. The van der Waals surface area contributed by atoms with Gasteiger partial charge in [0.25, 0.3) is 0 Å². The van der Waals surface area contributed by atoms with Crippen molar-refractivity contribution in [2.24, 2.45) is 0 Å². The standard InChI is InChI=1S/C58H44N4O2/c1-60-58-41-46(17-15-44-22-30-53(31-23-44)62(51-12-8-5-9-13-51)55-34-38-57(64-3)39-35-55)19-25-48(58)27-26-47-24-18-45(40-49(47)42-59)16-14-43-20-28-52(29-21-43)61(50-10-6-4-7-11-50)54-32-36-56(63-2)37-33-54/h4-41H,2-3H3. The zero-order valence-corrected chi connectivity index (χ0v) is 35.5. The average molecular weight is 829 g/mol. The molecule has 0 bridgehead atoms. The van der Waals surface area contributed by atoms with E-state index in [2.05, 4.69) is 124 Å². The highest BCUT2D eigenvalue weighted by Gasteiger charge is 2.14. The van der Waals surface area contributed by atoms with Crippen molar-refractivity contribution in [1.82, 2.24) is 0 Å². The Morgan fingerprint density at radius 3 is 1.20 bits per heavy atom. The number of nitrogens with zero attached hydrogens (tertiary/aromatic N) is 4. The number of benzene rings is 8. The summed E-state index contributed by atoms with van der Waals surface area (Å²) in [7, 11) is 3.34. The van der Waals surface area contributed by atoms with Crippen LogP contribution in [0.2, 0.25) is 0 Å². The van der Waals surface area contributed by atoms with Crippen LogP contribution in [0.4, 0.5) is 39.8 Å². The van der Waals surface area contributed by atoms with Crippen molar-refractivity contribution in [3.8, 4) is 17.6 Å². The molecule has 0 atom stereocenters. The lowest BCUT2D eigenvalue weighted by molar-refractivity contribution is 0.414. The Hall–Kier alpha value is -8.84. The molecule has 0 spiro atoms. The highest BCUT2D eigenvalue weighted by atomic mass is 16.5. The van der Waals surface area contributed by atoms with Crippen molar-refractivity contribution in [2.75, 3.05) is 24.0 Å². The lowest BCUT2D eigenvalue weighted by Crippen LogP contribution is -2.09. The third-order valence-electron chi connectivity index (χ3n) is 10.7. The molecule has 0 unspecified atom stereocenters. The molecule has 0 aliphatic rings. The molecule has 8 aromatic rings. The zero-order chi connectivity index (χ0) is 44.1. The van der Waals surface area contributed by atoms with Gasteiger partial charge in [-0.15, -0.1) is 0 Å². The zero-order valence-electron chi connectivity index (χ0n) is 35.5. The second kappa shape index (κ2) is 20.1. The van der Waals surface area contributed by atoms with Gasteiger partial charge in [0, 0.05) is 34.1 Å². The second-order valence-corrected chi connectivity index (χ2v) is 14.8. The monoisotopic (exact) mass is 828 g/mol. The Morgan fingerprint density at radius 1 is 0.422 bits per heavy atom. The van der Waals surface area contributed by atoms with E-state index < -0.39 is 0 Å². The van der Waals surface area contributed by atoms with Crippen LogP contribution in [-0.4, -0.2) is 14.2 Å². The minimum Gasteiger partial charge on any atom is -0.497 e. The van der Waals surface area contributed by atoms with E-state index in [-0.39, 0.29) is 0 Å². The molecule has 0 fully saturated rings. The van der Waals surface area contributed by atoms with Gasteiger partial charge in [-0.1, -0.05) is 121 Å². The molecule has 0 radical (unpaired) electrons. The predicted molar refractivity (Wildman–Crippen MR) is 266 cm³/mol. The molecule has 0 aliphatic carbocycles. The number of rotatable bonds is 14. The van der Waals surface area contributed by atoms with Crippen LogP contribution < -0.4 is 19.3 Å². The van der Waals surface area contributed by atoms with Crippen molar-refractivity contribution in [2.45, 2.75) is 0 Å². The Kier molecular flexibility index (Phi) is 13.2. The highest BCUT2D eigenvalue weighted by Crippen LogP contribution is 2.37. The Morgan fingerprint density at radius 2 is 0.781 bits per heavy atom. The van der Waals surface area contributed by atoms with Crippen LogP contribution in [0.1, 0.15) is 38.9 Å². The van der Waals surface area contributed by atoms with Gasteiger partial charge in [0.05, 0.1) is 32.4 Å². The first-order chi connectivity index (χ1) is 31.5. The van der Waals surface area contributed by atoms with Crippen molar-refractivity contribution in [3.63, 3.8) is 0 Å². The number of hydrogen-bond donors (Lipinski definition) is 0. The minimum absolute atomic E-state index is 0.534. The summed E-state index contributed by atoms with van der Waals surface area (Å²) in [4.78, 5) is 8.24. The van der Waals surface area contributed by atoms with E-state index in [1.165, 1.54) is 0 Å². The maximum Gasteiger partial charge on any atom is 0.194 e. The summed E-state index contributed by atoms with van der Waals surface area (Å²) < 4.78 is 10.8. The maximum atomic E-state index is 10.1. The lowest BCUT2D eigenvalue weighted by atomic mass is 10.0. The van der Waals surface area contributed by atoms with Crippen LogP contribution in [0.15, 0.2) is 194 Å². The van der Waals surface area contributed by atoms with Crippen LogP contribution in [0.25, 0.3) is 41.3 Å². The van der Waals surface area contributed by atoms with Gasteiger partial charge in [-0.25, -0.2) is 4.85 Å². The van der Waals surface area contributed by atoms with Gasteiger partial charge in [-0.3, -0.25) is 0 Å². The van der Waals surface area contributed by atoms with Gasteiger partial charge in [0.15, 0.2) is 5.69 Å². The van der Waals surface area contributed by atoms with Gasteiger partial charge >= 0.3 is 0 Å². The summed E-state index contributed by atoms with van der Waals surface area (Å²) in [6.45, 7) is 7.93. The van der Waals surface area contributed by atoms with Crippen LogP contribution in [0.5, 0.6) is 11.5 Å². The molecular weight excluding hydrogens is 785 g/mol. The van der Waals surface area contributed by atoms with Crippen molar-refractivity contribution < 1.29 is 9.47 Å². The minimum atomic E-state index is 0.534. The largest absolute Gasteiger partial charge is 0.497 e. The Balaban J connectivity index is 0.936. The molecule has 6 heteroatoms. The third kappa shape index (κ3) is 10.0. The number of ether oxygens (including phenoxy) is 2. The van der Waals surface area contributed by atoms with Gasteiger partial charge in [-0.2, -0.15) is 5.26 Å². The van der Waals surface area contributed by atoms with Gasteiger partial charge in [0.1, 0.15) is 11.5 Å². The quantitative estimate of drug-likeness (QED) is 0.0807. The summed E-state index contributed by atoms with van der Waals surface area (Å²) in [5, 5.41) is 10.1. The Bertz CT molecular complexity index is 2790. The molecule has 0 saturated heterocycles. The Labute approximate surface area is 375 Å². The fourth-order valence-electron chi connectivity index (χ4n) is 7.37. The number of nitriles is 1. The SMILES string of the molecule is [C-]#[N+]c1cc(C=Cc2ccc(N(c3ccccc3)c3ccc(OC)cc3)cc2)ccc1C=Cc1ccc(C=Cc2ccc(N(c3ccccc3)c3ccc(OC)cc3)cc2)cc1C#N. The molecule has 0 heterocycles. The van der Waals surface area contributed by atoms with E-state index in [4.69, 9.17) is 16.0 Å². The van der Waals surface area contributed by atoms with E-state index in [1.807, 2.05) is 127 Å². The molecule has 0 aromatic heterocycles. The van der Waals surface area contributed by atoms with E-state index in [0.717, 1.165) is 79.0 Å². The van der Waals surface area contributed by atoms with Crippen LogP contribution in [-0.2, 0) is 0 Å². The summed E-state index contributed by atoms with van der Waals surface area (Å²) >= 11 is 0. The molecule has 308 valence electrons. The van der Waals surface area contributed by atoms with Crippen molar-refractivity contribution in [3.05, 3.63) is 244 Å². The first-order valence-corrected chi connectivity index (χ1v) is 20.8. The van der Waals surface area contributed by atoms with E-state index in [0.29, 0.717) is 11.3 Å². The third-order valence-corrected chi connectivity index (χ3v) is 10.7. The molecule has 0 aliphatic heterocycles. The number of para-hydroxylation sites is 2. The number of hydrogen-bond acceptors (Lipinski definition) is 5. The van der Waals surface area contributed by atoms with Gasteiger partial charge in [-0.05, 0) is 143 Å². The summed E-state index contributed by atoms with van der Waals surface area (Å²) in [5.41, 5.74) is 12.8. The first-order valence-electron chi connectivity index (χ1n) is 20.8. The van der Waals surface area contributed by atoms with Crippen LogP contribution in [0.3, 0.4) is 0 Å². The summed E-state index contributed by atoms with van der Waals surface area (Å²) in [6.07, 6.45) is 11.9. The van der Waals surface area contributed by atoms with Crippen LogP contribution >= 0.6 is 0 Å². The van der Waals surface area contributed by atoms with E-state index >= 15 is 0 Å². The fraction of sp³-hybridized carbons (Fsp3) is 0.0345. The number of anilines is 6. The maximum absolute atomic E-state index is 10.1. The fourth-order valence-corrected chi connectivity index (χ4v) is 7.37. The molecule has 0 N–H and O–H groups in total. The van der Waals surface area contributed by atoms with E-state index in [9.17, 15) is 5.26 Å². The molecule has 0 saturated carbocycles. The molecule has 64 heavy (non-hydrogen) atoms. The lowest BCUT2D eigenvalue weighted by Gasteiger charge is -2.25. The predicted octanol–water partition coefficient (Wildman–Crippen LogP) is 15.6. The first kappa shape index (κ1) is 41.9. The topological polar surface area (TPSA) is 53.1 Å². The second-order valence-electron chi connectivity index (χ2n) is 14.8. The number of methoxy groups -OCH3 is 2. The van der Waals surface area contributed by atoms with Gasteiger partial charge in [0.2, 0.25) is 0 Å². The smallest absolute Gasteiger partial charge is 0.194 e. The molecule has 8 aromatic carbocycles. The van der Waals surface area contributed by atoms with E-state index in [1.54, 1.807) is 14.2 Å². The molecule has 6 nitrogen and oxygen atoms in total. The average Bonchev–Trinajstić information content (AvgIpc) is 3.36. The summed E-state index contributed by atoms with van der Waals surface area (Å²) in [5.74, 6) is 1.62.